The van der Waals surface area contributed by atoms with Gasteiger partial charge in [0.2, 0.25) is 5.89 Å². The van der Waals surface area contributed by atoms with Crippen molar-refractivity contribution in [1.82, 2.24) is 10.2 Å². The summed E-state index contributed by atoms with van der Waals surface area (Å²) in [5, 5.41) is 7.63. The van der Waals surface area contributed by atoms with Gasteiger partial charge in [0, 0.05) is 14.2 Å². The topological polar surface area (TPSA) is 51.4 Å². The number of hydrogen-bond donors (Lipinski definition) is 0. The second-order valence-corrected chi connectivity index (χ2v) is 3.29. The zero-order valence-corrected chi connectivity index (χ0v) is 9.28. The largest absolute Gasteiger partial charge is 0.407 e. The summed E-state index contributed by atoms with van der Waals surface area (Å²) in [6.07, 6.45) is 0. The lowest BCUT2D eigenvalue weighted by atomic mass is 10.3. The van der Waals surface area contributed by atoms with Crippen molar-refractivity contribution in [3.63, 3.8) is 0 Å². The third-order valence-electron chi connectivity index (χ3n) is 1.94. The van der Waals surface area contributed by atoms with Crippen LogP contribution in [-0.4, -0.2) is 37.0 Å². The highest BCUT2D eigenvalue weighted by molar-refractivity contribution is 6.16. The highest BCUT2D eigenvalue weighted by Gasteiger charge is 2.15. The summed E-state index contributed by atoms with van der Waals surface area (Å²) >= 11 is 5.55. The number of rotatable bonds is 5. The molecule has 0 aliphatic heterocycles. The van der Waals surface area contributed by atoms with Gasteiger partial charge in [0.15, 0.2) is 0 Å². The van der Waals surface area contributed by atoms with Gasteiger partial charge in [0.05, 0.1) is 12.6 Å². The monoisotopic (exact) mass is 219 g/mol. The number of likely N-dealkylation sites (N-methyl/N-ethyl adjacent to an activating group) is 1. The minimum atomic E-state index is 0.184. The average Bonchev–Trinajstić information content (AvgIpc) is 2.65. The molecule has 1 aromatic heterocycles. The summed E-state index contributed by atoms with van der Waals surface area (Å²) in [6.45, 7) is 2.61. The van der Waals surface area contributed by atoms with E-state index in [4.69, 9.17) is 20.8 Å². The quantitative estimate of drug-likeness (QED) is 0.699. The second-order valence-electron chi connectivity index (χ2n) is 3.03. The lowest BCUT2D eigenvalue weighted by Crippen LogP contribution is -2.32. The van der Waals surface area contributed by atoms with E-state index in [2.05, 4.69) is 10.2 Å². The molecule has 0 fully saturated rings. The average molecular weight is 220 g/mol. The molecule has 1 atom stereocenters. The Morgan fingerprint density at radius 3 is 2.79 bits per heavy atom. The van der Waals surface area contributed by atoms with Gasteiger partial charge < -0.3 is 14.1 Å². The molecule has 6 heteroatoms. The molecule has 1 rings (SSSR count). The van der Waals surface area contributed by atoms with Gasteiger partial charge in [-0.05, 0) is 6.92 Å². The van der Waals surface area contributed by atoms with E-state index in [1.54, 1.807) is 7.11 Å². The normalized spacial score (nSPS) is 12.9. The van der Waals surface area contributed by atoms with E-state index >= 15 is 0 Å². The summed E-state index contributed by atoms with van der Waals surface area (Å²) in [4.78, 5) is 1.85. The predicted molar refractivity (Wildman–Crippen MR) is 53.6 cm³/mol. The van der Waals surface area contributed by atoms with Gasteiger partial charge in [-0.15, -0.1) is 16.7 Å². The molecular weight excluding hydrogens is 206 g/mol. The van der Waals surface area contributed by atoms with Crippen molar-refractivity contribution in [3.05, 3.63) is 5.89 Å². The molecule has 1 unspecified atom stereocenters. The molecule has 0 saturated heterocycles. The maximum Gasteiger partial charge on any atom is 0.318 e. The molecule has 0 saturated carbocycles. The molecule has 0 aliphatic rings. The van der Waals surface area contributed by atoms with Crippen LogP contribution >= 0.6 is 11.6 Å². The Labute approximate surface area is 88.0 Å². The zero-order chi connectivity index (χ0) is 10.6. The van der Waals surface area contributed by atoms with Crippen LogP contribution in [0.4, 0.5) is 6.01 Å². The number of aromatic nitrogens is 2. The summed E-state index contributed by atoms with van der Waals surface area (Å²) in [7, 11) is 3.53. The van der Waals surface area contributed by atoms with Crippen LogP contribution in [0.3, 0.4) is 0 Å². The Bertz CT molecular complexity index is 279. The fraction of sp³-hybridized carbons (Fsp3) is 0.750. The van der Waals surface area contributed by atoms with E-state index in [0.29, 0.717) is 18.5 Å². The fourth-order valence-corrected chi connectivity index (χ4v) is 1.09. The summed E-state index contributed by atoms with van der Waals surface area (Å²) in [5.74, 6) is 0.664. The molecule has 1 aromatic rings. The molecule has 14 heavy (non-hydrogen) atoms. The van der Waals surface area contributed by atoms with Crippen molar-refractivity contribution < 1.29 is 9.15 Å². The molecule has 0 amide bonds. The summed E-state index contributed by atoms with van der Waals surface area (Å²) in [5.41, 5.74) is 0. The number of alkyl halides is 1. The smallest absolute Gasteiger partial charge is 0.318 e. The highest BCUT2D eigenvalue weighted by Crippen LogP contribution is 2.14. The minimum absolute atomic E-state index is 0.184. The maximum atomic E-state index is 5.55. The number of hydrogen-bond acceptors (Lipinski definition) is 5. The van der Waals surface area contributed by atoms with Crippen molar-refractivity contribution in [2.75, 3.05) is 25.7 Å². The van der Waals surface area contributed by atoms with E-state index in [9.17, 15) is 0 Å². The van der Waals surface area contributed by atoms with Crippen LogP contribution < -0.4 is 4.90 Å². The molecule has 80 valence electrons. The van der Waals surface area contributed by atoms with E-state index < -0.39 is 0 Å². The van der Waals surface area contributed by atoms with Crippen LogP contribution in [0.1, 0.15) is 12.8 Å². The van der Waals surface area contributed by atoms with Gasteiger partial charge >= 0.3 is 6.01 Å². The van der Waals surface area contributed by atoms with Gasteiger partial charge in [0.1, 0.15) is 5.88 Å². The molecule has 0 radical (unpaired) electrons. The van der Waals surface area contributed by atoms with Gasteiger partial charge in [-0.1, -0.05) is 5.10 Å². The molecule has 0 N–H and O–H groups in total. The van der Waals surface area contributed by atoms with Crippen LogP contribution in [0.5, 0.6) is 0 Å². The van der Waals surface area contributed by atoms with E-state index in [1.807, 2.05) is 18.9 Å². The van der Waals surface area contributed by atoms with E-state index in [-0.39, 0.29) is 11.9 Å². The Morgan fingerprint density at radius 2 is 2.29 bits per heavy atom. The molecule has 5 nitrogen and oxygen atoms in total. The van der Waals surface area contributed by atoms with Crippen molar-refractivity contribution in [2.45, 2.75) is 18.8 Å². The van der Waals surface area contributed by atoms with E-state index in [1.165, 1.54) is 0 Å². The van der Waals surface area contributed by atoms with E-state index in [0.717, 1.165) is 0 Å². The van der Waals surface area contributed by atoms with Crippen molar-refractivity contribution >= 4 is 17.6 Å². The molecule has 1 heterocycles. The Balaban J connectivity index is 2.63. The van der Waals surface area contributed by atoms with Crippen LogP contribution in [0.25, 0.3) is 0 Å². The first-order chi connectivity index (χ1) is 6.69. The summed E-state index contributed by atoms with van der Waals surface area (Å²) in [6, 6.07) is 0.647. The Hall–Kier alpha value is -0.810. The molecule has 0 aromatic carbocycles. The number of nitrogens with zero attached hydrogens (tertiary/aromatic N) is 3. The number of anilines is 1. The van der Waals surface area contributed by atoms with Crippen LogP contribution in [0.2, 0.25) is 0 Å². The second kappa shape index (κ2) is 5.17. The van der Waals surface area contributed by atoms with Crippen LogP contribution in [-0.2, 0) is 10.6 Å². The van der Waals surface area contributed by atoms with Gasteiger partial charge in [-0.2, -0.15) is 0 Å². The van der Waals surface area contributed by atoms with Gasteiger partial charge in [-0.3, -0.25) is 0 Å². The Kier molecular flexibility index (Phi) is 4.16. The molecule has 0 bridgehead atoms. The number of methoxy groups -OCH3 is 1. The Morgan fingerprint density at radius 1 is 1.57 bits per heavy atom. The first-order valence-electron chi connectivity index (χ1n) is 4.29. The van der Waals surface area contributed by atoms with Crippen LogP contribution in [0, 0.1) is 0 Å². The standard InChI is InChI=1S/C8H14ClN3O2/c1-6(5-13-3)12(2)8-11-10-7(4-9)14-8/h6H,4-5H2,1-3H3. The zero-order valence-electron chi connectivity index (χ0n) is 8.53. The minimum Gasteiger partial charge on any atom is -0.407 e. The van der Waals surface area contributed by atoms with Crippen molar-refractivity contribution in [3.8, 4) is 0 Å². The van der Waals surface area contributed by atoms with Gasteiger partial charge in [-0.25, -0.2) is 0 Å². The SMILES string of the molecule is COCC(C)N(C)c1nnc(CCl)o1. The predicted octanol–water partition coefficient (Wildman–Crippen LogP) is 1.28. The molecule has 0 spiro atoms. The number of ether oxygens (including phenoxy) is 1. The van der Waals surface area contributed by atoms with Crippen molar-refractivity contribution in [1.29, 1.82) is 0 Å². The third kappa shape index (κ3) is 2.59. The summed E-state index contributed by atoms with van der Waals surface area (Å²) < 4.78 is 10.3. The van der Waals surface area contributed by atoms with Crippen molar-refractivity contribution in [2.24, 2.45) is 0 Å². The first-order valence-corrected chi connectivity index (χ1v) is 4.82. The maximum absolute atomic E-state index is 5.55. The lowest BCUT2D eigenvalue weighted by molar-refractivity contribution is 0.181. The fourth-order valence-electron chi connectivity index (χ4n) is 0.983. The lowest BCUT2D eigenvalue weighted by Gasteiger charge is -2.21. The van der Waals surface area contributed by atoms with Crippen LogP contribution in [0.15, 0.2) is 4.42 Å². The van der Waals surface area contributed by atoms with Gasteiger partial charge in [0.25, 0.3) is 0 Å². The third-order valence-corrected chi connectivity index (χ3v) is 2.17. The first kappa shape index (κ1) is 11.3. The number of halogens is 1. The molecular formula is C8H14ClN3O2. The molecule has 0 aliphatic carbocycles. The highest BCUT2D eigenvalue weighted by atomic mass is 35.5.